The number of ether oxygens (including phenoxy) is 1. The highest BCUT2D eigenvalue weighted by molar-refractivity contribution is 6.10. The zero-order valence-corrected chi connectivity index (χ0v) is 21.1. The molecule has 8 heteroatoms. The van der Waals surface area contributed by atoms with Gasteiger partial charge in [-0.1, -0.05) is 31.2 Å². The standard InChI is InChI=1S/C29H33FN4O3/c1-20-8-11-34(12-9-20)23-17-21(16-22(30)18-23)29(36)32-26-6-7-27(25-5-3-2-4-24(25)26)37-15-14-33-13-10-31-28(35)19-33/h2-7,16-18,20H,8-15,19H2,1H3,(H,31,35)(H,32,36). The van der Waals surface area contributed by atoms with Crippen LogP contribution < -0.4 is 20.3 Å². The number of carbonyl (C=O) groups is 2. The summed E-state index contributed by atoms with van der Waals surface area (Å²) in [4.78, 5) is 29.0. The fraction of sp³-hybridized carbons (Fsp3) is 0.379. The van der Waals surface area contributed by atoms with Crippen molar-refractivity contribution < 1.29 is 18.7 Å². The van der Waals surface area contributed by atoms with E-state index in [2.05, 4.69) is 27.4 Å². The van der Waals surface area contributed by atoms with E-state index in [0.717, 1.165) is 48.9 Å². The molecule has 194 valence electrons. The molecule has 2 aliphatic heterocycles. The van der Waals surface area contributed by atoms with Crippen molar-refractivity contribution in [1.29, 1.82) is 0 Å². The van der Waals surface area contributed by atoms with Crippen LogP contribution in [0, 0.1) is 11.7 Å². The molecule has 2 saturated heterocycles. The number of hydrogen-bond acceptors (Lipinski definition) is 5. The first-order chi connectivity index (χ1) is 18.0. The Morgan fingerprint density at radius 2 is 1.86 bits per heavy atom. The molecule has 0 unspecified atom stereocenters. The number of benzene rings is 3. The molecule has 7 nitrogen and oxygen atoms in total. The van der Waals surface area contributed by atoms with Crippen molar-refractivity contribution in [3.05, 3.63) is 66.0 Å². The van der Waals surface area contributed by atoms with Crippen molar-refractivity contribution in [1.82, 2.24) is 10.2 Å². The zero-order valence-electron chi connectivity index (χ0n) is 21.1. The summed E-state index contributed by atoms with van der Waals surface area (Å²) in [5.74, 6) is 0.642. The summed E-state index contributed by atoms with van der Waals surface area (Å²) in [6.45, 7) is 6.90. The molecule has 37 heavy (non-hydrogen) atoms. The van der Waals surface area contributed by atoms with E-state index in [-0.39, 0.29) is 11.8 Å². The second-order valence-electron chi connectivity index (χ2n) is 9.95. The number of piperazine rings is 1. The van der Waals surface area contributed by atoms with Crippen molar-refractivity contribution in [3.63, 3.8) is 0 Å². The highest BCUT2D eigenvalue weighted by atomic mass is 19.1. The third kappa shape index (κ3) is 6.02. The van der Waals surface area contributed by atoms with Crippen molar-refractivity contribution in [2.75, 3.05) is 56.1 Å². The Morgan fingerprint density at radius 1 is 1.08 bits per heavy atom. The van der Waals surface area contributed by atoms with Crippen LogP contribution in [-0.4, -0.2) is 62.6 Å². The normalized spacial score (nSPS) is 17.0. The number of halogens is 1. The van der Waals surface area contributed by atoms with Gasteiger partial charge in [-0.3, -0.25) is 14.5 Å². The monoisotopic (exact) mass is 504 g/mol. The fourth-order valence-corrected chi connectivity index (χ4v) is 5.02. The van der Waals surface area contributed by atoms with Gasteiger partial charge >= 0.3 is 0 Å². The smallest absolute Gasteiger partial charge is 0.255 e. The lowest BCUT2D eigenvalue weighted by molar-refractivity contribution is -0.124. The van der Waals surface area contributed by atoms with Crippen LogP contribution in [0.25, 0.3) is 10.8 Å². The fourth-order valence-electron chi connectivity index (χ4n) is 5.02. The molecule has 0 saturated carbocycles. The van der Waals surface area contributed by atoms with Crippen LogP contribution in [0.2, 0.25) is 0 Å². The van der Waals surface area contributed by atoms with Gasteiger partial charge in [-0.05, 0) is 49.1 Å². The predicted molar refractivity (Wildman–Crippen MR) is 144 cm³/mol. The van der Waals surface area contributed by atoms with E-state index in [1.807, 2.05) is 36.4 Å². The van der Waals surface area contributed by atoms with Crippen molar-refractivity contribution in [2.24, 2.45) is 5.92 Å². The van der Waals surface area contributed by atoms with Gasteiger partial charge < -0.3 is 20.3 Å². The summed E-state index contributed by atoms with van der Waals surface area (Å²) in [6, 6.07) is 15.9. The van der Waals surface area contributed by atoms with Gasteiger partial charge in [0.25, 0.3) is 5.91 Å². The molecule has 3 aromatic carbocycles. The second kappa shape index (κ2) is 11.2. The minimum atomic E-state index is -0.416. The molecule has 0 spiro atoms. The van der Waals surface area contributed by atoms with E-state index < -0.39 is 5.82 Å². The van der Waals surface area contributed by atoms with E-state index in [9.17, 15) is 14.0 Å². The Bertz CT molecular complexity index is 1290. The Kier molecular flexibility index (Phi) is 7.55. The van der Waals surface area contributed by atoms with Gasteiger partial charge in [-0.2, -0.15) is 0 Å². The molecule has 0 bridgehead atoms. The number of hydrogen-bond donors (Lipinski definition) is 2. The van der Waals surface area contributed by atoms with Crippen molar-refractivity contribution in [3.8, 4) is 5.75 Å². The van der Waals surface area contributed by atoms with Gasteiger partial charge in [-0.25, -0.2) is 4.39 Å². The van der Waals surface area contributed by atoms with Crippen LogP contribution >= 0.6 is 0 Å². The van der Waals surface area contributed by atoms with Crippen LogP contribution in [0.3, 0.4) is 0 Å². The van der Waals surface area contributed by atoms with Gasteiger partial charge in [0.15, 0.2) is 0 Å². The van der Waals surface area contributed by atoms with E-state index in [0.29, 0.717) is 49.2 Å². The Morgan fingerprint density at radius 3 is 2.65 bits per heavy atom. The lowest BCUT2D eigenvalue weighted by atomic mass is 9.98. The largest absolute Gasteiger partial charge is 0.492 e. The third-order valence-corrected chi connectivity index (χ3v) is 7.21. The average molecular weight is 505 g/mol. The molecule has 2 amide bonds. The number of piperidine rings is 1. The summed E-state index contributed by atoms with van der Waals surface area (Å²) >= 11 is 0. The van der Waals surface area contributed by atoms with E-state index in [4.69, 9.17) is 4.74 Å². The zero-order chi connectivity index (χ0) is 25.8. The van der Waals surface area contributed by atoms with Gasteiger partial charge in [0.05, 0.1) is 6.54 Å². The maximum atomic E-state index is 14.5. The van der Waals surface area contributed by atoms with Crippen LogP contribution in [0.1, 0.15) is 30.1 Å². The maximum absolute atomic E-state index is 14.5. The lowest BCUT2D eigenvalue weighted by Gasteiger charge is -2.32. The molecule has 3 aromatic rings. The summed E-state index contributed by atoms with van der Waals surface area (Å²) < 4.78 is 20.6. The van der Waals surface area contributed by atoms with E-state index in [1.54, 1.807) is 6.07 Å². The third-order valence-electron chi connectivity index (χ3n) is 7.21. The van der Waals surface area contributed by atoms with E-state index >= 15 is 0 Å². The molecule has 2 fully saturated rings. The van der Waals surface area contributed by atoms with Crippen LogP contribution in [0.15, 0.2) is 54.6 Å². The number of nitrogens with one attached hydrogen (secondary N) is 2. The van der Waals surface area contributed by atoms with Crippen molar-refractivity contribution >= 4 is 34.0 Å². The Balaban J connectivity index is 1.30. The second-order valence-corrected chi connectivity index (χ2v) is 9.95. The highest BCUT2D eigenvalue weighted by Crippen LogP contribution is 2.32. The van der Waals surface area contributed by atoms with Crippen LogP contribution in [-0.2, 0) is 4.79 Å². The molecule has 2 heterocycles. The minimum Gasteiger partial charge on any atom is -0.492 e. The average Bonchev–Trinajstić information content (AvgIpc) is 2.90. The number of amides is 2. The maximum Gasteiger partial charge on any atom is 0.255 e. The van der Waals surface area contributed by atoms with Gasteiger partial charge in [0.1, 0.15) is 18.2 Å². The van der Waals surface area contributed by atoms with Crippen LogP contribution in [0.4, 0.5) is 15.8 Å². The SMILES string of the molecule is CC1CCN(c2cc(F)cc(C(=O)Nc3ccc(OCCN4CCNC(=O)C4)c4ccccc34)c2)CC1. The molecule has 0 aliphatic carbocycles. The lowest BCUT2D eigenvalue weighted by Crippen LogP contribution is -2.48. The number of carbonyl (C=O) groups excluding carboxylic acids is 2. The number of rotatable bonds is 7. The molecule has 2 N–H and O–H groups in total. The summed E-state index contributed by atoms with van der Waals surface area (Å²) in [7, 11) is 0. The Labute approximate surface area is 216 Å². The predicted octanol–water partition coefficient (Wildman–Crippen LogP) is 4.28. The minimum absolute atomic E-state index is 0.0349. The van der Waals surface area contributed by atoms with Crippen LogP contribution in [0.5, 0.6) is 5.75 Å². The summed E-state index contributed by atoms with van der Waals surface area (Å²) in [5.41, 5.74) is 1.68. The molecular formula is C29H33FN4O3. The molecule has 5 rings (SSSR count). The van der Waals surface area contributed by atoms with Crippen molar-refractivity contribution in [2.45, 2.75) is 19.8 Å². The van der Waals surface area contributed by atoms with Gasteiger partial charge in [0, 0.05) is 60.4 Å². The Hall–Kier alpha value is -3.65. The quantitative estimate of drug-likeness (QED) is 0.503. The summed E-state index contributed by atoms with van der Waals surface area (Å²) in [5, 5.41) is 7.51. The highest BCUT2D eigenvalue weighted by Gasteiger charge is 2.19. The summed E-state index contributed by atoms with van der Waals surface area (Å²) in [6.07, 6.45) is 2.12. The number of fused-ring (bicyclic) bond motifs is 1. The molecular weight excluding hydrogens is 471 g/mol. The van der Waals surface area contributed by atoms with E-state index in [1.165, 1.54) is 12.1 Å². The first-order valence-corrected chi connectivity index (χ1v) is 13.0. The van der Waals surface area contributed by atoms with Gasteiger partial charge in [-0.15, -0.1) is 0 Å². The first-order valence-electron chi connectivity index (χ1n) is 13.0. The molecule has 2 aliphatic rings. The molecule has 0 atom stereocenters. The first kappa shape index (κ1) is 25.0. The number of nitrogens with zero attached hydrogens (tertiary/aromatic N) is 2. The topological polar surface area (TPSA) is 73.9 Å². The molecule has 0 aromatic heterocycles. The molecule has 0 radical (unpaired) electrons. The number of anilines is 2. The van der Waals surface area contributed by atoms with Gasteiger partial charge in [0.2, 0.25) is 5.91 Å².